The van der Waals surface area contributed by atoms with Gasteiger partial charge in [-0.2, -0.15) is 0 Å². The Kier molecular flexibility index (Phi) is 5.25. The van der Waals surface area contributed by atoms with Crippen LogP contribution in [-0.2, 0) is 4.79 Å². The van der Waals surface area contributed by atoms with Crippen LogP contribution in [0.3, 0.4) is 0 Å². The van der Waals surface area contributed by atoms with Crippen LogP contribution in [0.15, 0.2) is 52.4 Å². The summed E-state index contributed by atoms with van der Waals surface area (Å²) in [7, 11) is 0. The molecule has 0 N–H and O–H groups in total. The van der Waals surface area contributed by atoms with Crippen LogP contribution in [0.2, 0.25) is 0 Å². The number of ether oxygens (including phenoxy) is 2. The summed E-state index contributed by atoms with van der Waals surface area (Å²) >= 11 is 1.47. The molecule has 2 heterocycles. The fraction of sp³-hybridized carbons (Fsp3) is 0.333. The average Bonchev–Trinajstić information content (AvgIpc) is 3.33. The van der Waals surface area contributed by atoms with Gasteiger partial charge in [-0.3, -0.25) is 9.69 Å². The smallest absolute Gasteiger partial charge is 0.267 e. The highest BCUT2D eigenvalue weighted by molar-refractivity contribution is 8.18. The predicted molar refractivity (Wildman–Crippen MR) is 120 cm³/mol. The van der Waals surface area contributed by atoms with Gasteiger partial charge < -0.3 is 9.47 Å². The normalized spacial score (nSPS) is 21.8. The Balaban J connectivity index is 1.52. The number of amidine groups is 1. The highest BCUT2D eigenvalue weighted by Gasteiger charge is 2.38. The summed E-state index contributed by atoms with van der Waals surface area (Å²) in [5.41, 5.74) is 2.89. The number of rotatable bonds is 3. The molecule has 1 saturated carbocycles. The average molecular weight is 421 g/mol. The third kappa shape index (κ3) is 3.72. The van der Waals surface area contributed by atoms with Crippen molar-refractivity contribution in [3.63, 3.8) is 0 Å². The molecular formula is C24H24N2O3S. The molecule has 1 aliphatic carbocycles. The number of hydrogen-bond acceptors (Lipinski definition) is 5. The molecule has 6 heteroatoms. The molecule has 2 aromatic carbocycles. The minimum atomic E-state index is 0.0543. The molecule has 3 aliphatic rings. The first kappa shape index (κ1) is 19.2. The fourth-order valence-corrected chi connectivity index (χ4v) is 5.24. The monoisotopic (exact) mass is 420 g/mol. The standard InChI is InChI=1S/C24H24N2O3S/c1-16-12-20-21(29-15-28-20)13-17(16)14-22-23(27)26(19-10-6-3-7-11-19)24(30-22)25-18-8-4-2-5-9-18/h2,4-5,8-9,12-14,19H,3,6-7,10-11,15H2,1H3/b22-14-,25-24?. The molecule has 0 bridgehead atoms. The summed E-state index contributed by atoms with van der Waals surface area (Å²) in [5, 5.41) is 0.780. The number of carbonyl (C=O) groups excluding carboxylic acids is 1. The van der Waals surface area contributed by atoms with Gasteiger partial charge in [0.05, 0.1) is 10.6 Å². The first-order valence-corrected chi connectivity index (χ1v) is 11.3. The van der Waals surface area contributed by atoms with Crippen molar-refractivity contribution in [3.05, 3.63) is 58.5 Å². The second-order valence-electron chi connectivity index (χ2n) is 7.87. The van der Waals surface area contributed by atoms with Gasteiger partial charge in [0.25, 0.3) is 5.91 Å². The van der Waals surface area contributed by atoms with Crippen molar-refractivity contribution in [2.45, 2.75) is 45.1 Å². The van der Waals surface area contributed by atoms with Crippen molar-refractivity contribution >= 4 is 34.6 Å². The summed E-state index contributed by atoms with van der Waals surface area (Å²) in [4.78, 5) is 20.9. The molecule has 2 aliphatic heterocycles. The van der Waals surface area contributed by atoms with Gasteiger partial charge in [0, 0.05) is 6.04 Å². The molecule has 1 saturated heterocycles. The molecule has 0 aromatic heterocycles. The Bertz CT molecular complexity index is 1030. The second kappa shape index (κ2) is 8.19. The van der Waals surface area contributed by atoms with E-state index in [1.54, 1.807) is 0 Å². The van der Waals surface area contributed by atoms with E-state index in [-0.39, 0.29) is 18.7 Å². The van der Waals surface area contributed by atoms with E-state index in [4.69, 9.17) is 14.5 Å². The number of thioether (sulfide) groups is 1. The summed E-state index contributed by atoms with van der Waals surface area (Å²) < 4.78 is 11.0. The number of para-hydroxylation sites is 1. The van der Waals surface area contributed by atoms with Crippen LogP contribution in [0.1, 0.15) is 43.2 Å². The van der Waals surface area contributed by atoms with E-state index in [0.29, 0.717) is 4.91 Å². The molecule has 5 nitrogen and oxygen atoms in total. The van der Waals surface area contributed by atoms with Crippen molar-refractivity contribution in [2.75, 3.05) is 6.79 Å². The molecule has 2 aromatic rings. The zero-order valence-corrected chi connectivity index (χ0v) is 17.8. The van der Waals surface area contributed by atoms with Gasteiger partial charge in [-0.05, 0) is 73.0 Å². The van der Waals surface area contributed by atoms with Crippen LogP contribution in [0.4, 0.5) is 5.69 Å². The first-order chi connectivity index (χ1) is 14.7. The minimum absolute atomic E-state index is 0.0543. The number of fused-ring (bicyclic) bond motifs is 1. The van der Waals surface area contributed by atoms with Crippen LogP contribution >= 0.6 is 11.8 Å². The molecule has 154 valence electrons. The van der Waals surface area contributed by atoms with E-state index in [1.807, 2.05) is 60.4 Å². The Morgan fingerprint density at radius 3 is 2.57 bits per heavy atom. The number of aryl methyl sites for hydroxylation is 1. The molecule has 0 unspecified atom stereocenters. The third-order valence-electron chi connectivity index (χ3n) is 5.81. The second-order valence-corrected chi connectivity index (χ2v) is 8.88. The molecule has 5 rings (SSSR count). The first-order valence-electron chi connectivity index (χ1n) is 10.5. The summed E-state index contributed by atoms with van der Waals surface area (Å²) in [5.74, 6) is 1.54. The Hall–Kier alpha value is -2.73. The third-order valence-corrected chi connectivity index (χ3v) is 6.79. The van der Waals surface area contributed by atoms with Crippen LogP contribution in [-0.4, -0.2) is 28.8 Å². The SMILES string of the molecule is Cc1cc2c(cc1/C=C1\SC(=Nc3ccccc3)N(C3CCCCC3)C1=O)OCO2. The van der Waals surface area contributed by atoms with Gasteiger partial charge in [0.1, 0.15) is 0 Å². The summed E-state index contributed by atoms with van der Waals surface area (Å²) in [6, 6.07) is 14.0. The van der Waals surface area contributed by atoms with Crippen molar-refractivity contribution < 1.29 is 14.3 Å². The number of amides is 1. The van der Waals surface area contributed by atoms with E-state index >= 15 is 0 Å². The highest BCUT2D eigenvalue weighted by Crippen LogP contribution is 2.40. The fourth-order valence-electron chi connectivity index (χ4n) is 4.19. The minimum Gasteiger partial charge on any atom is -0.454 e. The lowest BCUT2D eigenvalue weighted by molar-refractivity contribution is -0.124. The highest BCUT2D eigenvalue weighted by atomic mass is 32.2. The van der Waals surface area contributed by atoms with E-state index in [9.17, 15) is 4.79 Å². The lowest BCUT2D eigenvalue weighted by atomic mass is 9.94. The van der Waals surface area contributed by atoms with Gasteiger partial charge in [0.2, 0.25) is 6.79 Å². The number of nitrogens with zero attached hydrogens (tertiary/aromatic N) is 2. The van der Waals surface area contributed by atoms with Crippen LogP contribution < -0.4 is 9.47 Å². The molecule has 30 heavy (non-hydrogen) atoms. The molecule has 2 fully saturated rings. The topological polar surface area (TPSA) is 51.1 Å². The zero-order valence-electron chi connectivity index (χ0n) is 17.0. The molecule has 0 spiro atoms. The number of aliphatic imine (C=N–C) groups is 1. The molecule has 0 radical (unpaired) electrons. The van der Waals surface area contributed by atoms with E-state index < -0.39 is 0 Å². The van der Waals surface area contributed by atoms with Gasteiger partial charge in [0.15, 0.2) is 16.7 Å². The zero-order chi connectivity index (χ0) is 20.5. The van der Waals surface area contributed by atoms with Crippen LogP contribution in [0, 0.1) is 6.92 Å². The molecule has 1 amide bonds. The van der Waals surface area contributed by atoms with Gasteiger partial charge >= 0.3 is 0 Å². The number of hydrogen-bond donors (Lipinski definition) is 0. The van der Waals surface area contributed by atoms with Crippen LogP contribution in [0.5, 0.6) is 11.5 Å². The maximum absolute atomic E-state index is 13.5. The summed E-state index contributed by atoms with van der Waals surface area (Å²) in [6.07, 6.45) is 7.62. The van der Waals surface area contributed by atoms with E-state index in [0.717, 1.165) is 59.2 Å². The van der Waals surface area contributed by atoms with Gasteiger partial charge in [-0.25, -0.2) is 4.99 Å². The van der Waals surface area contributed by atoms with Crippen molar-refractivity contribution in [1.29, 1.82) is 0 Å². The lowest BCUT2D eigenvalue weighted by Crippen LogP contribution is -2.40. The quantitative estimate of drug-likeness (QED) is 0.601. The maximum Gasteiger partial charge on any atom is 0.267 e. The molecule has 0 atom stereocenters. The Labute approximate surface area is 180 Å². The van der Waals surface area contributed by atoms with Gasteiger partial charge in [-0.15, -0.1) is 0 Å². The Morgan fingerprint density at radius 1 is 1.07 bits per heavy atom. The van der Waals surface area contributed by atoms with Crippen molar-refractivity contribution in [3.8, 4) is 11.5 Å². The van der Waals surface area contributed by atoms with Crippen molar-refractivity contribution in [2.24, 2.45) is 4.99 Å². The lowest BCUT2D eigenvalue weighted by Gasteiger charge is -2.30. The van der Waals surface area contributed by atoms with Gasteiger partial charge in [-0.1, -0.05) is 37.5 Å². The maximum atomic E-state index is 13.5. The van der Waals surface area contributed by atoms with Crippen molar-refractivity contribution in [1.82, 2.24) is 4.90 Å². The Morgan fingerprint density at radius 2 is 1.80 bits per heavy atom. The number of carbonyl (C=O) groups is 1. The predicted octanol–water partition coefficient (Wildman–Crippen LogP) is 5.66. The molecular weight excluding hydrogens is 396 g/mol. The summed E-state index contributed by atoms with van der Waals surface area (Å²) in [6.45, 7) is 2.27. The van der Waals surface area contributed by atoms with Crippen LogP contribution in [0.25, 0.3) is 6.08 Å². The van der Waals surface area contributed by atoms with E-state index in [2.05, 4.69) is 0 Å². The largest absolute Gasteiger partial charge is 0.454 e. The number of benzene rings is 2. The van der Waals surface area contributed by atoms with E-state index in [1.165, 1.54) is 18.2 Å².